The summed E-state index contributed by atoms with van der Waals surface area (Å²) >= 11 is 0. The summed E-state index contributed by atoms with van der Waals surface area (Å²) in [6.07, 6.45) is 2.36. The third-order valence-electron chi connectivity index (χ3n) is 4.55. The summed E-state index contributed by atoms with van der Waals surface area (Å²) in [4.78, 5) is 12.8. The normalized spacial score (nSPS) is 14.1. The Kier molecular flexibility index (Phi) is 5.26. The lowest BCUT2D eigenvalue weighted by Gasteiger charge is -2.13. The summed E-state index contributed by atoms with van der Waals surface area (Å²) < 4.78 is 26.7. The van der Waals surface area contributed by atoms with E-state index < -0.39 is 0 Å². The van der Waals surface area contributed by atoms with Gasteiger partial charge in [0.05, 0.1) is 35.5 Å². The summed E-state index contributed by atoms with van der Waals surface area (Å²) in [7, 11) is 7.80. The van der Waals surface area contributed by atoms with Gasteiger partial charge in [-0.25, -0.2) is 0 Å². The molecule has 0 atom stereocenters. The van der Waals surface area contributed by atoms with Crippen molar-refractivity contribution in [3.8, 4) is 28.7 Å². The van der Waals surface area contributed by atoms with Crippen LogP contribution in [0.4, 0.5) is 0 Å². The Labute approximate surface area is 158 Å². The summed E-state index contributed by atoms with van der Waals surface area (Å²) in [6, 6.07) is 7.20. The minimum atomic E-state index is -0.0281. The lowest BCUT2D eigenvalue weighted by molar-refractivity contribution is 0.104. The van der Waals surface area contributed by atoms with Crippen molar-refractivity contribution in [1.29, 1.82) is 0 Å². The number of hydrogen-bond donors (Lipinski definition) is 0. The van der Waals surface area contributed by atoms with Gasteiger partial charge in [-0.2, -0.15) is 0 Å². The highest BCUT2D eigenvalue weighted by molar-refractivity contribution is 6.16. The molecule has 0 heterocycles. The number of rotatable bonds is 6. The molecule has 6 heteroatoms. The van der Waals surface area contributed by atoms with Crippen molar-refractivity contribution in [3.05, 3.63) is 46.5 Å². The van der Waals surface area contributed by atoms with Crippen LogP contribution in [0.25, 0.3) is 6.08 Å². The molecule has 1 aliphatic carbocycles. The van der Waals surface area contributed by atoms with Crippen molar-refractivity contribution < 1.29 is 28.5 Å². The number of ether oxygens (including phenoxy) is 5. The van der Waals surface area contributed by atoms with Gasteiger partial charge >= 0.3 is 0 Å². The molecule has 142 valence electrons. The van der Waals surface area contributed by atoms with Crippen LogP contribution in [0.2, 0.25) is 0 Å². The van der Waals surface area contributed by atoms with E-state index in [1.54, 1.807) is 41.6 Å². The monoisotopic (exact) mass is 370 g/mol. The number of methoxy groups -OCH3 is 5. The maximum atomic E-state index is 12.8. The SMILES string of the molecule is COc1cc2c(cc1OC)C(=O)/C(=C/c1cc(OC)c(OC)c(OC)c1)C2. The molecule has 2 aromatic rings. The Hall–Kier alpha value is -3.15. The Morgan fingerprint density at radius 3 is 1.81 bits per heavy atom. The minimum Gasteiger partial charge on any atom is -0.493 e. The molecule has 0 N–H and O–H groups in total. The molecular formula is C21H22O6. The van der Waals surface area contributed by atoms with Gasteiger partial charge in [-0.15, -0.1) is 0 Å². The molecule has 3 rings (SSSR count). The first-order chi connectivity index (χ1) is 13.1. The van der Waals surface area contributed by atoms with Gasteiger partial charge in [0.1, 0.15) is 0 Å². The van der Waals surface area contributed by atoms with E-state index in [2.05, 4.69) is 0 Å². The molecule has 27 heavy (non-hydrogen) atoms. The van der Waals surface area contributed by atoms with E-state index in [4.69, 9.17) is 23.7 Å². The van der Waals surface area contributed by atoms with Gasteiger partial charge in [0.2, 0.25) is 5.75 Å². The van der Waals surface area contributed by atoms with E-state index in [1.807, 2.05) is 24.3 Å². The first kappa shape index (κ1) is 18.6. The summed E-state index contributed by atoms with van der Waals surface area (Å²) in [5.41, 5.74) is 3.01. The van der Waals surface area contributed by atoms with Crippen LogP contribution in [0.3, 0.4) is 0 Å². The highest BCUT2D eigenvalue weighted by atomic mass is 16.5. The number of Topliss-reactive ketones (excluding diaryl/α,β-unsaturated/α-hetero) is 1. The first-order valence-electron chi connectivity index (χ1n) is 8.36. The average Bonchev–Trinajstić information content (AvgIpc) is 3.00. The molecular weight excluding hydrogens is 348 g/mol. The minimum absolute atomic E-state index is 0.0281. The number of benzene rings is 2. The predicted octanol–water partition coefficient (Wildman–Crippen LogP) is 3.55. The molecule has 1 aliphatic rings. The van der Waals surface area contributed by atoms with Gasteiger partial charge in [-0.05, 0) is 41.5 Å². The highest BCUT2D eigenvalue weighted by Crippen LogP contribution is 2.40. The molecule has 0 aromatic heterocycles. The van der Waals surface area contributed by atoms with E-state index in [9.17, 15) is 4.79 Å². The largest absolute Gasteiger partial charge is 0.493 e. The summed E-state index contributed by atoms with van der Waals surface area (Å²) in [6.45, 7) is 0. The van der Waals surface area contributed by atoms with Gasteiger partial charge < -0.3 is 23.7 Å². The predicted molar refractivity (Wildman–Crippen MR) is 102 cm³/mol. The number of carbonyl (C=O) groups is 1. The Morgan fingerprint density at radius 2 is 1.30 bits per heavy atom. The van der Waals surface area contributed by atoms with E-state index in [1.165, 1.54) is 0 Å². The first-order valence-corrected chi connectivity index (χ1v) is 8.36. The van der Waals surface area contributed by atoms with Gasteiger partial charge in [0.25, 0.3) is 0 Å². The van der Waals surface area contributed by atoms with Crippen molar-refractivity contribution in [2.75, 3.05) is 35.5 Å². The van der Waals surface area contributed by atoms with E-state index in [0.29, 0.717) is 46.3 Å². The summed E-state index contributed by atoms with van der Waals surface area (Å²) in [5, 5.41) is 0. The summed E-state index contributed by atoms with van der Waals surface area (Å²) in [5.74, 6) is 2.71. The molecule has 0 saturated heterocycles. The molecule has 0 fully saturated rings. The van der Waals surface area contributed by atoms with E-state index in [-0.39, 0.29) is 5.78 Å². The molecule has 6 nitrogen and oxygen atoms in total. The highest BCUT2D eigenvalue weighted by Gasteiger charge is 2.27. The molecule has 0 saturated carbocycles. The van der Waals surface area contributed by atoms with Crippen LogP contribution >= 0.6 is 0 Å². The third-order valence-corrected chi connectivity index (χ3v) is 4.55. The quantitative estimate of drug-likeness (QED) is 0.725. The average molecular weight is 370 g/mol. The molecule has 2 aromatic carbocycles. The number of fused-ring (bicyclic) bond motifs is 1. The number of allylic oxidation sites excluding steroid dienone is 1. The van der Waals surface area contributed by atoms with Crippen molar-refractivity contribution in [1.82, 2.24) is 0 Å². The zero-order chi connectivity index (χ0) is 19.6. The van der Waals surface area contributed by atoms with Crippen LogP contribution in [0.1, 0.15) is 21.5 Å². The van der Waals surface area contributed by atoms with E-state index in [0.717, 1.165) is 11.1 Å². The van der Waals surface area contributed by atoms with Gasteiger partial charge in [-0.3, -0.25) is 4.79 Å². The Bertz CT molecular complexity index is 888. The van der Waals surface area contributed by atoms with Crippen LogP contribution in [0.15, 0.2) is 29.8 Å². The number of hydrogen-bond acceptors (Lipinski definition) is 6. The second kappa shape index (κ2) is 7.61. The third kappa shape index (κ3) is 3.30. The number of ketones is 1. The van der Waals surface area contributed by atoms with Crippen molar-refractivity contribution >= 4 is 11.9 Å². The fourth-order valence-corrected chi connectivity index (χ4v) is 3.24. The Morgan fingerprint density at radius 1 is 0.741 bits per heavy atom. The second-order valence-corrected chi connectivity index (χ2v) is 6.00. The van der Waals surface area contributed by atoms with Crippen molar-refractivity contribution in [3.63, 3.8) is 0 Å². The molecule has 0 unspecified atom stereocenters. The maximum Gasteiger partial charge on any atom is 0.203 e. The van der Waals surface area contributed by atoms with Crippen LogP contribution in [-0.2, 0) is 6.42 Å². The van der Waals surface area contributed by atoms with Crippen LogP contribution < -0.4 is 23.7 Å². The van der Waals surface area contributed by atoms with E-state index >= 15 is 0 Å². The maximum absolute atomic E-state index is 12.8. The smallest absolute Gasteiger partial charge is 0.203 e. The lowest BCUT2D eigenvalue weighted by Crippen LogP contribution is -1.98. The lowest BCUT2D eigenvalue weighted by atomic mass is 10.1. The van der Waals surface area contributed by atoms with Crippen LogP contribution in [0, 0.1) is 0 Å². The fraction of sp³-hybridized carbons (Fsp3) is 0.286. The van der Waals surface area contributed by atoms with Crippen molar-refractivity contribution in [2.24, 2.45) is 0 Å². The van der Waals surface area contributed by atoms with Gasteiger partial charge in [0.15, 0.2) is 28.8 Å². The molecule has 0 bridgehead atoms. The van der Waals surface area contributed by atoms with Crippen LogP contribution in [-0.4, -0.2) is 41.3 Å². The second-order valence-electron chi connectivity index (χ2n) is 6.00. The van der Waals surface area contributed by atoms with Crippen LogP contribution in [0.5, 0.6) is 28.7 Å². The zero-order valence-corrected chi connectivity index (χ0v) is 16.0. The Balaban J connectivity index is 2.03. The number of carbonyl (C=O) groups excluding carboxylic acids is 1. The van der Waals surface area contributed by atoms with Gasteiger partial charge in [-0.1, -0.05) is 0 Å². The molecule has 0 radical (unpaired) electrons. The van der Waals surface area contributed by atoms with Gasteiger partial charge in [0, 0.05) is 17.6 Å². The fourth-order valence-electron chi connectivity index (χ4n) is 3.24. The molecule has 0 spiro atoms. The molecule has 0 amide bonds. The topological polar surface area (TPSA) is 63.2 Å². The standard InChI is InChI=1S/C21H22O6/c1-23-16-10-13-9-14(20(22)15(13)11-17(16)24-2)6-12-7-18(25-3)21(27-5)19(8-12)26-4/h6-8,10-11H,9H2,1-5H3/b14-6+. The van der Waals surface area contributed by atoms with Crippen molar-refractivity contribution in [2.45, 2.75) is 6.42 Å². The molecule has 0 aliphatic heterocycles. The zero-order valence-electron chi connectivity index (χ0n) is 16.0.